The van der Waals surface area contributed by atoms with Crippen molar-refractivity contribution in [2.75, 3.05) is 71.3 Å². The van der Waals surface area contributed by atoms with Gasteiger partial charge in [-0.2, -0.15) is 4.31 Å². The van der Waals surface area contributed by atoms with E-state index in [0.717, 1.165) is 51.5 Å². The monoisotopic (exact) mass is 561 g/mol. The zero-order valence-electron chi connectivity index (χ0n) is 19.6. The first-order valence-corrected chi connectivity index (χ1v) is 12.8. The van der Waals surface area contributed by atoms with Crippen molar-refractivity contribution in [3.8, 4) is 0 Å². The van der Waals surface area contributed by atoms with Gasteiger partial charge in [-0.25, -0.2) is 8.42 Å². The highest BCUT2D eigenvalue weighted by atomic mass is 127. The summed E-state index contributed by atoms with van der Waals surface area (Å²) in [5, 5.41) is 3.35. The zero-order chi connectivity index (χ0) is 21.7. The molecule has 1 heterocycles. The van der Waals surface area contributed by atoms with E-state index in [2.05, 4.69) is 35.9 Å². The largest absolute Gasteiger partial charge is 0.378 e. The predicted molar refractivity (Wildman–Crippen MR) is 136 cm³/mol. The minimum atomic E-state index is -3.26. The van der Waals surface area contributed by atoms with Gasteiger partial charge in [0.1, 0.15) is 0 Å². The summed E-state index contributed by atoms with van der Waals surface area (Å²) in [7, 11) is -3.26. The number of unbranched alkanes of at least 4 members (excludes halogenated alkanes) is 1. The Morgan fingerprint density at radius 1 is 1.10 bits per heavy atom. The quantitative estimate of drug-likeness (QED) is 0.161. The van der Waals surface area contributed by atoms with Gasteiger partial charge >= 0.3 is 0 Å². The lowest BCUT2D eigenvalue weighted by Gasteiger charge is -2.36. The van der Waals surface area contributed by atoms with Crippen molar-refractivity contribution in [2.24, 2.45) is 4.99 Å². The molecule has 0 aromatic rings. The molecule has 0 aliphatic carbocycles. The van der Waals surface area contributed by atoms with E-state index in [0.29, 0.717) is 26.2 Å². The molecular formula is C20H44IN5O3S. The summed E-state index contributed by atoms with van der Waals surface area (Å²) in [5.41, 5.74) is 0. The summed E-state index contributed by atoms with van der Waals surface area (Å²) in [6.45, 7) is 17.8. The van der Waals surface area contributed by atoms with Gasteiger partial charge in [-0.05, 0) is 53.2 Å². The zero-order valence-corrected chi connectivity index (χ0v) is 22.7. The third kappa shape index (κ3) is 11.4. The molecule has 0 aromatic carbocycles. The molecule has 0 saturated carbocycles. The Labute approximate surface area is 201 Å². The third-order valence-electron chi connectivity index (χ3n) is 5.10. The highest BCUT2D eigenvalue weighted by Gasteiger charge is 2.27. The van der Waals surface area contributed by atoms with Crippen LogP contribution in [0.5, 0.6) is 0 Å². The number of nitrogens with zero attached hydrogens (tertiary/aromatic N) is 4. The van der Waals surface area contributed by atoms with E-state index in [1.807, 2.05) is 13.8 Å². The minimum absolute atomic E-state index is 0. The topological polar surface area (TPSA) is 77.5 Å². The number of hydrogen-bond donors (Lipinski definition) is 1. The average molecular weight is 562 g/mol. The van der Waals surface area contributed by atoms with Crippen LogP contribution in [0.15, 0.2) is 4.99 Å². The maximum absolute atomic E-state index is 12.5. The lowest BCUT2D eigenvalue weighted by Crippen LogP contribution is -2.54. The average Bonchev–Trinajstić information content (AvgIpc) is 2.69. The smallest absolute Gasteiger partial charge is 0.216 e. The molecule has 1 aliphatic heterocycles. The first kappa shape index (κ1) is 29.8. The van der Waals surface area contributed by atoms with Crippen molar-refractivity contribution in [2.45, 2.75) is 53.6 Å². The SMILES string of the molecule is CCNC(=NCCCCN(CC)CC)N1CCN(S(=O)(=O)CCOC(C)C)CC1.I. The summed E-state index contributed by atoms with van der Waals surface area (Å²) >= 11 is 0. The Morgan fingerprint density at radius 2 is 1.73 bits per heavy atom. The molecule has 1 saturated heterocycles. The maximum atomic E-state index is 12.5. The van der Waals surface area contributed by atoms with Crippen LogP contribution in [0, 0.1) is 0 Å². The normalized spacial score (nSPS) is 16.2. The standard InChI is InChI=1S/C20H43N5O3S.HI/c1-6-21-20(22-11-9-10-12-23(7-2)8-3)24-13-15-25(16-14-24)29(26,27)18-17-28-19(4)5;/h19H,6-18H2,1-5H3,(H,21,22);1H. The molecule has 0 bridgehead atoms. The molecule has 8 nitrogen and oxygen atoms in total. The fourth-order valence-electron chi connectivity index (χ4n) is 3.29. The predicted octanol–water partition coefficient (Wildman–Crippen LogP) is 2.06. The summed E-state index contributed by atoms with van der Waals surface area (Å²) in [5.74, 6) is 0.946. The van der Waals surface area contributed by atoms with E-state index in [4.69, 9.17) is 9.73 Å². The molecule has 0 amide bonds. The first-order valence-electron chi connectivity index (χ1n) is 11.2. The summed E-state index contributed by atoms with van der Waals surface area (Å²) < 4.78 is 32.0. The van der Waals surface area contributed by atoms with Crippen LogP contribution in [0.1, 0.15) is 47.5 Å². The van der Waals surface area contributed by atoms with Crippen molar-refractivity contribution < 1.29 is 13.2 Å². The fourth-order valence-corrected chi connectivity index (χ4v) is 4.58. The molecule has 180 valence electrons. The van der Waals surface area contributed by atoms with E-state index >= 15 is 0 Å². The van der Waals surface area contributed by atoms with Gasteiger partial charge < -0.3 is 19.9 Å². The molecule has 0 aromatic heterocycles. The first-order chi connectivity index (χ1) is 13.8. The molecule has 30 heavy (non-hydrogen) atoms. The van der Waals surface area contributed by atoms with Crippen LogP contribution in [0.2, 0.25) is 0 Å². The second-order valence-electron chi connectivity index (χ2n) is 7.59. The lowest BCUT2D eigenvalue weighted by molar-refractivity contribution is 0.0904. The van der Waals surface area contributed by atoms with Crippen LogP contribution in [0.25, 0.3) is 0 Å². The van der Waals surface area contributed by atoms with Gasteiger partial charge in [0.2, 0.25) is 10.0 Å². The van der Waals surface area contributed by atoms with E-state index in [1.54, 1.807) is 4.31 Å². The van der Waals surface area contributed by atoms with Gasteiger partial charge in [0.25, 0.3) is 0 Å². The number of hydrogen-bond acceptors (Lipinski definition) is 5. The second kappa shape index (κ2) is 16.5. The molecule has 1 aliphatic rings. The summed E-state index contributed by atoms with van der Waals surface area (Å²) in [6.07, 6.45) is 2.26. The van der Waals surface area contributed by atoms with Crippen molar-refractivity contribution in [3.63, 3.8) is 0 Å². The van der Waals surface area contributed by atoms with E-state index in [1.165, 1.54) is 0 Å². The van der Waals surface area contributed by atoms with E-state index in [9.17, 15) is 8.42 Å². The van der Waals surface area contributed by atoms with Crippen LogP contribution in [-0.2, 0) is 14.8 Å². The number of sulfonamides is 1. The van der Waals surface area contributed by atoms with Gasteiger partial charge in [0.15, 0.2) is 5.96 Å². The van der Waals surface area contributed by atoms with Crippen molar-refractivity contribution >= 4 is 40.0 Å². The molecule has 10 heteroatoms. The highest BCUT2D eigenvalue weighted by molar-refractivity contribution is 14.0. The van der Waals surface area contributed by atoms with Gasteiger partial charge in [-0.15, -0.1) is 24.0 Å². The molecule has 1 N–H and O–H groups in total. The Bertz CT molecular complexity index is 563. The second-order valence-corrected chi connectivity index (χ2v) is 9.68. The number of nitrogens with one attached hydrogen (secondary N) is 1. The molecule has 1 rings (SSSR count). The molecule has 1 fully saturated rings. The third-order valence-corrected chi connectivity index (χ3v) is 6.93. The van der Waals surface area contributed by atoms with Gasteiger partial charge in [0.05, 0.1) is 18.5 Å². The molecule has 0 spiro atoms. The van der Waals surface area contributed by atoms with Gasteiger partial charge in [-0.1, -0.05) is 13.8 Å². The summed E-state index contributed by atoms with van der Waals surface area (Å²) in [6, 6.07) is 0. The Hall–Kier alpha value is -0.170. The molecule has 0 atom stereocenters. The van der Waals surface area contributed by atoms with Gasteiger partial charge in [0, 0.05) is 39.3 Å². The number of aliphatic imine (C=N–C) groups is 1. The number of rotatable bonds is 13. The van der Waals surface area contributed by atoms with Crippen LogP contribution in [0.3, 0.4) is 0 Å². The van der Waals surface area contributed by atoms with Gasteiger partial charge in [-0.3, -0.25) is 4.99 Å². The maximum Gasteiger partial charge on any atom is 0.216 e. The molecule has 0 radical (unpaired) electrons. The lowest BCUT2D eigenvalue weighted by atomic mass is 10.3. The molecular weight excluding hydrogens is 517 g/mol. The Balaban J connectivity index is 0.00000841. The van der Waals surface area contributed by atoms with E-state index < -0.39 is 10.0 Å². The summed E-state index contributed by atoms with van der Waals surface area (Å²) in [4.78, 5) is 9.37. The molecule has 0 unspecified atom stereocenters. The number of ether oxygens (including phenoxy) is 1. The minimum Gasteiger partial charge on any atom is -0.378 e. The Morgan fingerprint density at radius 3 is 2.27 bits per heavy atom. The fraction of sp³-hybridized carbons (Fsp3) is 0.950. The Kier molecular flexibility index (Phi) is 16.4. The number of halogens is 1. The van der Waals surface area contributed by atoms with Crippen LogP contribution < -0.4 is 5.32 Å². The van der Waals surface area contributed by atoms with Crippen molar-refractivity contribution in [1.82, 2.24) is 19.4 Å². The van der Waals surface area contributed by atoms with Crippen molar-refractivity contribution in [3.05, 3.63) is 0 Å². The van der Waals surface area contributed by atoms with E-state index in [-0.39, 0.29) is 42.4 Å². The number of guanidine groups is 1. The van der Waals surface area contributed by atoms with Crippen LogP contribution in [0.4, 0.5) is 0 Å². The highest BCUT2D eigenvalue weighted by Crippen LogP contribution is 2.09. The van der Waals surface area contributed by atoms with Crippen molar-refractivity contribution in [1.29, 1.82) is 0 Å². The van der Waals surface area contributed by atoms with Crippen LogP contribution in [-0.4, -0.2) is 106 Å². The number of piperazine rings is 1. The van der Waals surface area contributed by atoms with Crippen LogP contribution >= 0.6 is 24.0 Å².